The van der Waals surface area contributed by atoms with Gasteiger partial charge in [0.05, 0.1) is 16.7 Å². The number of nitrogens with zero attached hydrogens (tertiary/aromatic N) is 1. The van der Waals surface area contributed by atoms with Gasteiger partial charge in [-0.25, -0.2) is 0 Å². The molecule has 4 heterocycles. The van der Waals surface area contributed by atoms with Gasteiger partial charge in [0.15, 0.2) is 11.0 Å². The summed E-state index contributed by atoms with van der Waals surface area (Å²) in [7, 11) is 0. The Hall–Kier alpha value is -5.39. The lowest BCUT2D eigenvalue weighted by Crippen LogP contribution is -2.00. The molecular formula is C37H19NO3S. The van der Waals surface area contributed by atoms with E-state index in [1.165, 1.54) is 0 Å². The molecule has 0 radical (unpaired) electrons. The Bertz CT molecular complexity index is 2830. The largest absolute Gasteiger partial charge is 0.456 e. The number of aromatic nitrogens is 1. The van der Waals surface area contributed by atoms with Gasteiger partial charge in [-0.15, -0.1) is 11.3 Å². The molecule has 0 N–H and O–H groups in total. The van der Waals surface area contributed by atoms with Crippen molar-refractivity contribution >= 4 is 97.2 Å². The molecule has 0 aliphatic rings. The lowest BCUT2D eigenvalue weighted by atomic mass is 10.1. The maximum Gasteiger partial charge on any atom is 0.195 e. The third-order valence-electron chi connectivity index (χ3n) is 8.59. The zero-order valence-corrected chi connectivity index (χ0v) is 22.9. The van der Waals surface area contributed by atoms with Gasteiger partial charge in [-0.2, -0.15) is 0 Å². The summed E-state index contributed by atoms with van der Waals surface area (Å²) in [4.78, 5) is 13.5. The smallest absolute Gasteiger partial charge is 0.195 e. The van der Waals surface area contributed by atoms with E-state index in [2.05, 4.69) is 71.3 Å². The molecule has 196 valence electrons. The number of para-hydroxylation sites is 3. The molecule has 0 amide bonds. The van der Waals surface area contributed by atoms with Gasteiger partial charge in [-0.1, -0.05) is 60.7 Å². The lowest BCUT2D eigenvalue weighted by Gasteiger charge is -2.08. The number of fused-ring (bicyclic) bond motifs is 12. The van der Waals surface area contributed by atoms with Gasteiger partial charge < -0.3 is 13.4 Å². The highest BCUT2D eigenvalue weighted by atomic mass is 32.1. The van der Waals surface area contributed by atoms with E-state index in [9.17, 15) is 4.79 Å². The highest BCUT2D eigenvalue weighted by Crippen LogP contribution is 2.43. The van der Waals surface area contributed by atoms with Crippen molar-refractivity contribution in [1.29, 1.82) is 0 Å². The van der Waals surface area contributed by atoms with Gasteiger partial charge in [-0.3, -0.25) is 4.79 Å². The van der Waals surface area contributed by atoms with Gasteiger partial charge in [0.25, 0.3) is 0 Å². The van der Waals surface area contributed by atoms with Crippen LogP contribution in [0.25, 0.3) is 91.5 Å². The van der Waals surface area contributed by atoms with Crippen LogP contribution in [-0.2, 0) is 0 Å². The second-order valence-corrected chi connectivity index (χ2v) is 11.9. The number of hydrogen-bond donors (Lipinski definition) is 0. The Balaban J connectivity index is 1.34. The Labute approximate surface area is 241 Å². The molecule has 10 rings (SSSR count). The highest BCUT2D eigenvalue weighted by Gasteiger charge is 2.21. The summed E-state index contributed by atoms with van der Waals surface area (Å²) < 4.78 is 17.1. The van der Waals surface area contributed by atoms with Crippen molar-refractivity contribution in [3.05, 3.63) is 125 Å². The number of furan rings is 2. The molecule has 42 heavy (non-hydrogen) atoms. The van der Waals surface area contributed by atoms with Crippen LogP contribution >= 0.6 is 11.3 Å². The molecule has 4 aromatic heterocycles. The van der Waals surface area contributed by atoms with Crippen LogP contribution < -0.4 is 5.43 Å². The van der Waals surface area contributed by atoms with Crippen molar-refractivity contribution in [2.75, 3.05) is 0 Å². The Morgan fingerprint density at radius 2 is 1.29 bits per heavy atom. The van der Waals surface area contributed by atoms with Crippen LogP contribution in [0.15, 0.2) is 129 Å². The molecule has 0 bridgehead atoms. The zero-order valence-electron chi connectivity index (χ0n) is 22.0. The second kappa shape index (κ2) is 7.87. The third kappa shape index (κ3) is 2.78. The number of benzene rings is 6. The zero-order chi connectivity index (χ0) is 27.5. The maximum absolute atomic E-state index is 13.5. The molecule has 0 saturated heterocycles. The molecule has 0 saturated carbocycles. The maximum atomic E-state index is 13.5. The van der Waals surface area contributed by atoms with E-state index in [0.29, 0.717) is 0 Å². The monoisotopic (exact) mass is 557 g/mol. The topological polar surface area (TPSA) is 48.3 Å². The van der Waals surface area contributed by atoms with Gasteiger partial charge in [-0.05, 0) is 54.6 Å². The van der Waals surface area contributed by atoms with Crippen LogP contribution in [0.5, 0.6) is 0 Å². The first-order valence-corrected chi connectivity index (χ1v) is 14.7. The van der Waals surface area contributed by atoms with E-state index >= 15 is 0 Å². The first-order valence-electron chi connectivity index (χ1n) is 13.9. The SMILES string of the molecule is O=c1c2ccccc2sc2cc3oc4c(-n5c6ccccc6c6c7c(ccc65)oc5ccccc57)cccc4c3cc12. The van der Waals surface area contributed by atoms with Crippen molar-refractivity contribution in [3.63, 3.8) is 0 Å². The second-order valence-electron chi connectivity index (χ2n) is 10.8. The molecule has 0 aliphatic heterocycles. The van der Waals surface area contributed by atoms with Crippen molar-refractivity contribution < 1.29 is 8.83 Å². The summed E-state index contributed by atoms with van der Waals surface area (Å²) in [5.41, 5.74) is 6.54. The normalized spacial score (nSPS) is 12.4. The van der Waals surface area contributed by atoms with Crippen LogP contribution in [0.2, 0.25) is 0 Å². The van der Waals surface area contributed by atoms with Crippen LogP contribution in [0.4, 0.5) is 0 Å². The van der Waals surface area contributed by atoms with Crippen molar-refractivity contribution in [3.8, 4) is 5.69 Å². The first kappa shape index (κ1) is 22.3. The van der Waals surface area contributed by atoms with Gasteiger partial charge in [0.1, 0.15) is 16.7 Å². The van der Waals surface area contributed by atoms with Crippen LogP contribution in [0.3, 0.4) is 0 Å². The standard InChI is InChI=1S/C37H19NO3S/c39-36-23-10-3-6-15-32(23)42-33-19-31-24(18-25(33)36)20-11-7-13-28(37(20)41-31)38-26-12-4-1-8-21(26)34-27(38)16-17-30-35(34)22-9-2-5-14-29(22)40-30/h1-19H. The summed E-state index contributed by atoms with van der Waals surface area (Å²) in [6.45, 7) is 0. The summed E-state index contributed by atoms with van der Waals surface area (Å²) in [5, 5.41) is 7.97. The van der Waals surface area contributed by atoms with Gasteiger partial charge >= 0.3 is 0 Å². The molecule has 0 unspecified atom stereocenters. The quantitative estimate of drug-likeness (QED) is 0.189. The summed E-state index contributed by atoms with van der Waals surface area (Å²) in [5.74, 6) is 0. The van der Waals surface area contributed by atoms with Crippen LogP contribution in [-0.4, -0.2) is 4.57 Å². The molecule has 5 heteroatoms. The third-order valence-corrected chi connectivity index (χ3v) is 9.73. The summed E-state index contributed by atoms with van der Waals surface area (Å²) >= 11 is 1.62. The van der Waals surface area contributed by atoms with Crippen molar-refractivity contribution in [1.82, 2.24) is 4.57 Å². The molecule has 0 atom stereocenters. The average Bonchev–Trinajstić information content (AvgIpc) is 3.69. The van der Waals surface area contributed by atoms with E-state index in [0.717, 1.165) is 91.5 Å². The predicted molar refractivity (Wildman–Crippen MR) is 174 cm³/mol. The number of hydrogen-bond acceptors (Lipinski definition) is 4. The van der Waals surface area contributed by atoms with Gasteiger partial charge in [0.2, 0.25) is 0 Å². The average molecular weight is 558 g/mol. The highest BCUT2D eigenvalue weighted by molar-refractivity contribution is 7.24. The molecular weight excluding hydrogens is 538 g/mol. The Morgan fingerprint density at radius 1 is 0.500 bits per heavy atom. The predicted octanol–water partition coefficient (Wildman–Crippen LogP) is 10.3. The fourth-order valence-electron chi connectivity index (χ4n) is 6.79. The van der Waals surface area contributed by atoms with E-state index in [-0.39, 0.29) is 5.43 Å². The fourth-order valence-corrected chi connectivity index (χ4v) is 7.87. The van der Waals surface area contributed by atoms with E-state index in [1.807, 2.05) is 48.5 Å². The van der Waals surface area contributed by atoms with Crippen LogP contribution in [0, 0.1) is 0 Å². The minimum atomic E-state index is 0.0607. The van der Waals surface area contributed by atoms with Crippen molar-refractivity contribution in [2.45, 2.75) is 0 Å². The molecule has 0 fully saturated rings. The Kier molecular flexibility index (Phi) is 4.18. The van der Waals surface area contributed by atoms with Crippen molar-refractivity contribution in [2.24, 2.45) is 0 Å². The number of rotatable bonds is 1. The minimum Gasteiger partial charge on any atom is -0.456 e. The van der Waals surface area contributed by atoms with Crippen LogP contribution in [0.1, 0.15) is 0 Å². The molecule has 0 spiro atoms. The summed E-state index contributed by atoms with van der Waals surface area (Å²) in [6.07, 6.45) is 0. The Morgan fingerprint density at radius 3 is 2.21 bits per heavy atom. The molecule has 6 aromatic carbocycles. The molecule has 0 aliphatic carbocycles. The van der Waals surface area contributed by atoms with E-state index in [4.69, 9.17) is 8.83 Å². The fraction of sp³-hybridized carbons (Fsp3) is 0. The first-order chi connectivity index (χ1) is 20.7. The van der Waals surface area contributed by atoms with E-state index in [1.54, 1.807) is 11.3 Å². The minimum absolute atomic E-state index is 0.0607. The van der Waals surface area contributed by atoms with Gasteiger partial charge in [0, 0.05) is 52.5 Å². The molecule has 4 nitrogen and oxygen atoms in total. The van der Waals surface area contributed by atoms with E-state index < -0.39 is 0 Å². The summed E-state index contributed by atoms with van der Waals surface area (Å²) in [6, 6.07) is 39.1. The molecule has 10 aromatic rings. The lowest BCUT2D eigenvalue weighted by molar-refractivity contribution is 0.667.